The number of nitrogens with one attached hydrogen (secondary N) is 1. The van der Waals surface area contributed by atoms with Crippen LogP contribution in [0.5, 0.6) is 0 Å². The highest BCUT2D eigenvalue weighted by Gasteiger charge is 2.23. The van der Waals surface area contributed by atoms with Crippen LogP contribution in [-0.2, 0) is 13.6 Å². The summed E-state index contributed by atoms with van der Waals surface area (Å²) in [4.78, 5) is 38.6. The first-order valence-electron chi connectivity index (χ1n) is 10.0. The number of aromatic amines is 1. The van der Waals surface area contributed by atoms with Gasteiger partial charge in [-0.3, -0.25) is 14.3 Å². The number of thiazole rings is 1. The van der Waals surface area contributed by atoms with Crippen molar-refractivity contribution in [2.75, 3.05) is 23.7 Å². The molecular weight excluding hydrogens is 420 g/mol. The van der Waals surface area contributed by atoms with E-state index in [-0.39, 0.29) is 5.56 Å². The van der Waals surface area contributed by atoms with Crippen molar-refractivity contribution in [3.63, 3.8) is 0 Å². The molecule has 0 saturated carbocycles. The van der Waals surface area contributed by atoms with E-state index >= 15 is 0 Å². The van der Waals surface area contributed by atoms with Crippen LogP contribution in [0, 0.1) is 0 Å². The van der Waals surface area contributed by atoms with Gasteiger partial charge in [0.1, 0.15) is 0 Å². The highest BCUT2D eigenvalue weighted by Crippen LogP contribution is 2.30. The number of hydrogen-bond acceptors (Lipinski definition) is 7. The first-order valence-corrected chi connectivity index (χ1v) is 11.8. The predicted molar refractivity (Wildman–Crippen MR) is 122 cm³/mol. The fraction of sp³-hybridized carbons (Fsp3) is 0.400. The van der Waals surface area contributed by atoms with E-state index in [9.17, 15) is 9.59 Å². The number of benzene rings is 1. The maximum absolute atomic E-state index is 12.6. The molecule has 0 aliphatic carbocycles. The van der Waals surface area contributed by atoms with Crippen molar-refractivity contribution < 1.29 is 0 Å². The molecule has 1 N–H and O–H groups in total. The van der Waals surface area contributed by atoms with Crippen LogP contribution in [0.3, 0.4) is 0 Å². The van der Waals surface area contributed by atoms with Gasteiger partial charge in [0.2, 0.25) is 5.95 Å². The van der Waals surface area contributed by atoms with Crippen molar-refractivity contribution in [1.82, 2.24) is 24.1 Å². The summed E-state index contributed by atoms with van der Waals surface area (Å²) in [6, 6.07) is 8.16. The summed E-state index contributed by atoms with van der Waals surface area (Å²) in [5, 5.41) is 0. The van der Waals surface area contributed by atoms with E-state index in [2.05, 4.69) is 20.9 Å². The molecule has 30 heavy (non-hydrogen) atoms. The molecule has 8 nitrogen and oxygen atoms in total. The minimum atomic E-state index is -0.434. The number of anilines is 1. The van der Waals surface area contributed by atoms with Gasteiger partial charge in [0, 0.05) is 32.4 Å². The molecule has 1 fully saturated rings. The van der Waals surface area contributed by atoms with Crippen molar-refractivity contribution in [3.05, 3.63) is 45.1 Å². The van der Waals surface area contributed by atoms with E-state index in [0.717, 1.165) is 53.9 Å². The standard InChI is InChI=1S/C20H22N6O2S2/c1-24-16-15(17(27)23-19(24)28)26(18(22-16)25-9-4-5-10-25)11-6-12-29-20-21-13-7-2-3-8-14(13)30-20/h2-3,7-8H,4-6,9-12H2,1H3,(H,23,27,28). The molecule has 4 aromatic rings. The molecule has 1 aliphatic heterocycles. The summed E-state index contributed by atoms with van der Waals surface area (Å²) in [6.45, 7) is 2.52. The second-order valence-corrected chi connectivity index (χ2v) is 9.77. The maximum atomic E-state index is 12.6. The van der Waals surface area contributed by atoms with Gasteiger partial charge in [-0.25, -0.2) is 9.78 Å². The van der Waals surface area contributed by atoms with Crippen LogP contribution in [0.1, 0.15) is 19.3 Å². The van der Waals surface area contributed by atoms with Gasteiger partial charge in [0.25, 0.3) is 5.56 Å². The molecule has 0 radical (unpaired) electrons. The lowest BCUT2D eigenvalue weighted by Gasteiger charge is -2.18. The summed E-state index contributed by atoms with van der Waals surface area (Å²) in [5.74, 6) is 1.68. The van der Waals surface area contributed by atoms with Crippen LogP contribution in [-0.4, -0.2) is 42.9 Å². The molecule has 0 unspecified atom stereocenters. The number of thioether (sulfide) groups is 1. The molecule has 3 aromatic heterocycles. The summed E-state index contributed by atoms with van der Waals surface area (Å²) in [5.41, 5.74) is 1.16. The van der Waals surface area contributed by atoms with Gasteiger partial charge in [-0.1, -0.05) is 23.9 Å². The smallest absolute Gasteiger partial charge is 0.329 e. The normalized spacial score (nSPS) is 14.4. The lowest BCUT2D eigenvalue weighted by Crippen LogP contribution is -2.29. The highest BCUT2D eigenvalue weighted by molar-refractivity contribution is 8.01. The van der Waals surface area contributed by atoms with Crippen molar-refractivity contribution in [1.29, 1.82) is 0 Å². The first kappa shape index (κ1) is 19.4. The Kier molecular flexibility index (Phi) is 5.11. The Labute approximate surface area is 180 Å². The molecule has 10 heteroatoms. The zero-order chi connectivity index (χ0) is 20.7. The molecule has 0 atom stereocenters. The van der Waals surface area contributed by atoms with Crippen molar-refractivity contribution in [2.24, 2.45) is 7.05 Å². The Morgan fingerprint density at radius 2 is 1.97 bits per heavy atom. The average Bonchev–Trinajstić information content (AvgIpc) is 3.47. The lowest BCUT2D eigenvalue weighted by molar-refractivity contribution is 0.683. The van der Waals surface area contributed by atoms with Crippen molar-refractivity contribution in [3.8, 4) is 0 Å². The number of rotatable bonds is 6. The average molecular weight is 443 g/mol. The van der Waals surface area contributed by atoms with Crippen LogP contribution in [0.4, 0.5) is 5.95 Å². The van der Waals surface area contributed by atoms with Gasteiger partial charge in [-0.05, 0) is 31.4 Å². The number of para-hydroxylation sites is 1. The van der Waals surface area contributed by atoms with E-state index in [1.54, 1.807) is 30.1 Å². The first-order chi connectivity index (χ1) is 14.6. The molecular formula is C20H22N6O2S2. The quantitative estimate of drug-likeness (QED) is 0.365. The van der Waals surface area contributed by atoms with E-state index in [0.29, 0.717) is 17.7 Å². The third-order valence-corrected chi connectivity index (χ3v) is 7.67. The van der Waals surface area contributed by atoms with Crippen LogP contribution in [0.2, 0.25) is 0 Å². The summed E-state index contributed by atoms with van der Waals surface area (Å²) in [7, 11) is 1.65. The van der Waals surface area contributed by atoms with Crippen LogP contribution in [0.25, 0.3) is 21.4 Å². The van der Waals surface area contributed by atoms with Gasteiger partial charge in [-0.15, -0.1) is 11.3 Å². The van der Waals surface area contributed by atoms with E-state index < -0.39 is 5.69 Å². The SMILES string of the molecule is Cn1c(=O)[nH]c(=O)c2c1nc(N1CCCC1)n2CCCSc1nc2ccccc2s1. The Hall–Kier alpha value is -2.59. The molecule has 0 amide bonds. The number of hydrogen-bond donors (Lipinski definition) is 1. The lowest BCUT2D eigenvalue weighted by atomic mass is 10.3. The molecule has 5 rings (SSSR count). The fourth-order valence-corrected chi connectivity index (χ4v) is 5.95. The molecule has 1 aliphatic rings. The number of aromatic nitrogens is 5. The topological polar surface area (TPSA) is 88.8 Å². The van der Waals surface area contributed by atoms with Gasteiger partial charge in [-0.2, -0.15) is 4.98 Å². The van der Waals surface area contributed by atoms with Crippen molar-refractivity contribution in [2.45, 2.75) is 30.1 Å². The van der Waals surface area contributed by atoms with E-state index in [1.807, 2.05) is 22.8 Å². The van der Waals surface area contributed by atoms with Crippen LogP contribution < -0.4 is 16.1 Å². The minimum Gasteiger partial charge on any atom is -0.342 e. The summed E-state index contributed by atoms with van der Waals surface area (Å²) >= 11 is 3.45. The predicted octanol–water partition coefficient (Wildman–Crippen LogP) is 2.82. The number of imidazole rings is 1. The molecule has 1 saturated heterocycles. The molecule has 0 bridgehead atoms. The van der Waals surface area contributed by atoms with E-state index in [1.165, 1.54) is 9.27 Å². The maximum Gasteiger partial charge on any atom is 0.329 e. The number of fused-ring (bicyclic) bond motifs is 2. The largest absolute Gasteiger partial charge is 0.342 e. The van der Waals surface area contributed by atoms with Gasteiger partial charge >= 0.3 is 5.69 Å². The Morgan fingerprint density at radius 1 is 1.17 bits per heavy atom. The van der Waals surface area contributed by atoms with Gasteiger partial charge in [0.15, 0.2) is 15.5 Å². The Bertz CT molecular complexity index is 1300. The fourth-order valence-electron chi connectivity index (χ4n) is 3.89. The number of aryl methyl sites for hydroxylation is 2. The highest BCUT2D eigenvalue weighted by atomic mass is 32.2. The third kappa shape index (κ3) is 3.43. The van der Waals surface area contributed by atoms with Gasteiger partial charge in [0.05, 0.1) is 10.2 Å². The molecule has 156 valence electrons. The monoisotopic (exact) mass is 442 g/mol. The summed E-state index contributed by atoms with van der Waals surface area (Å²) in [6.07, 6.45) is 3.10. The minimum absolute atomic E-state index is 0.370. The zero-order valence-corrected chi connectivity index (χ0v) is 18.3. The second kappa shape index (κ2) is 7.92. The number of nitrogens with zero attached hydrogens (tertiary/aromatic N) is 5. The third-order valence-electron chi connectivity index (χ3n) is 5.40. The van der Waals surface area contributed by atoms with Crippen molar-refractivity contribution >= 4 is 50.4 Å². The van der Waals surface area contributed by atoms with E-state index in [4.69, 9.17) is 4.98 Å². The molecule has 0 spiro atoms. The van der Waals surface area contributed by atoms with Crippen LogP contribution in [0.15, 0.2) is 38.2 Å². The van der Waals surface area contributed by atoms with Gasteiger partial charge < -0.3 is 9.47 Å². The molecule has 4 heterocycles. The number of H-pyrrole nitrogens is 1. The molecule has 1 aromatic carbocycles. The summed E-state index contributed by atoms with van der Waals surface area (Å²) < 4.78 is 5.66. The van der Waals surface area contributed by atoms with Crippen LogP contribution >= 0.6 is 23.1 Å². The zero-order valence-electron chi connectivity index (χ0n) is 16.6. The Morgan fingerprint density at radius 3 is 2.77 bits per heavy atom. The Balaban J connectivity index is 1.39. The second-order valence-electron chi connectivity index (χ2n) is 7.40.